The fraction of sp³-hybridized carbons (Fsp3) is 0.333. The van der Waals surface area contributed by atoms with Crippen molar-refractivity contribution in [3.63, 3.8) is 0 Å². The average molecular weight is 162 g/mol. The van der Waals surface area contributed by atoms with E-state index in [1.54, 1.807) is 0 Å². The molecule has 12 heavy (non-hydrogen) atoms. The molecule has 0 aromatic rings. The van der Waals surface area contributed by atoms with Crippen molar-refractivity contribution >= 4 is 0 Å². The van der Waals surface area contributed by atoms with Gasteiger partial charge in [0.2, 0.25) is 0 Å². The maximum atomic E-state index is 3.92. The molecule has 0 heterocycles. The van der Waals surface area contributed by atoms with E-state index in [1.165, 1.54) is 11.1 Å². The Kier molecular flexibility index (Phi) is 5.11. The van der Waals surface area contributed by atoms with E-state index in [4.69, 9.17) is 0 Å². The third-order valence-electron chi connectivity index (χ3n) is 1.71. The van der Waals surface area contributed by atoms with Gasteiger partial charge in [-0.05, 0) is 38.8 Å². The molecule has 0 rings (SSSR count). The minimum Gasteiger partial charge on any atom is -0.0955 e. The van der Waals surface area contributed by atoms with E-state index in [2.05, 4.69) is 25.7 Å². The van der Waals surface area contributed by atoms with Crippen LogP contribution in [0.15, 0.2) is 47.6 Å². The van der Waals surface area contributed by atoms with Gasteiger partial charge in [-0.15, -0.1) is 0 Å². The first-order valence-electron chi connectivity index (χ1n) is 4.25. The summed E-state index contributed by atoms with van der Waals surface area (Å²) in [7, 11) is 0. The zero-order chi connectivity index (χ0) is 9.56. The van der Waals surface area contributed by atoms with Gasteiger partial charge in [0.1, 0.15) is 0 Å². The van der Waals surface area contributed by atoms with Gasteiger partial charge in [-0.1, -0.05) is 36.5 Å². The van der Waals surface area contributed by atoms with E-state index < -0.39 is 0 Å². The fourth-order valence-electron chi connectivity index (χ4n) is 1.14. The van der Waals surface area contributed by atoms with Gasteiger partial charge in [0.05, 0.1) is 0 Å². The summed E-state index contributed by atoms with van der Waals surface area (Å²) >= 11 is 0. The Bertz CT molecular complexity index is 237. The van der Waals surface area contributed by atoms with Gasteiger partial charge in [-0.25, -0.2) is 0 Å². The Hall–Kier alpha value is -1.04. The molecule has 0 N–H and O–H groups in total. The third-order valence-corrected chi connectivity index (χ3v) is 1.71. The Morgan fingerprint density at radius 2 is 1.75 bits per heavy atom. The Labute approximate surface area is 76.0 Å². The summed E-state index contributed by atoms with van der Waals surface area (Å²) in [5, 5.41) is 0. The molecule has 0 heteroatoms. The molecule has 66 valence electrons. The Morgan fingerprint density at radius 3 is 2.08 bits per heavy atom. The normalized spacial score (nSPS) is 14.0. The monoisotopic (exact) mass is 162 g/mol. The topological polar surface area (TPSA) is 0 Å². The molecule has 0 aliphatic heterocycles. The summed E-state index contributed by atoms with van der Waals surface area (Å²) in [5.74, 6) is 0. The highest BCUT2D eigenvalue weighted by Crippen LogP contribution is 2.16. The van der Waals surface area contributed by atoms with Crippen LogP contribution in [0.3, 0.4) is 0 Å². The van der Waals surface area contributed by atoms with Crippen molar-refractivity contribution in [2.45, 2.75) is 27.7 Å². The first kappa shape index (κ1) is 11.0. The molecule has 0 aliphatic rings. The highest BCUT2D eigenvalue weighted by molar-refractivity contribution is 5.44. The van der Waals surface area contributed by atoms with Crippen LogP contribution in [0.2, 0.25) is 0 Å². The summed E-state index contributed by atoms with van der Waals surface area (Å²) in [5.41, 5.74) is 3.63. The van der Waals surface area contributed by atoms with Crippen LogP contribution in [0.5, 0.6) is 0 Å². The quantitative estimate of drug-likeness (QED) is 0.549. The highest BCUT2D eigenvalue weighted by Gasteiger charge is 1.96. The van der Waals surface area contributed by atoms with Crippen LogP contribution in [-0.4, -0.2) is 0 Å². The van der Waals surface area contributed by atoms with E-state index in [-0.39, 0.29) is 0 Å². The zero-order valence-electron chi connectivity index (χ0n) is 8.52. The van der Waals surface area contributed by atoms with Crippen molar-refractivity contribution in [3.05, 3.63) is 47.6 Å². The maximum absolute atomic E-state index is 3.92. The predicted molar refractivity (Wildman–Crippen MR) is 57.1 cm³/mol. The molecule has 0 aromatic carbocycles. The van der Waals surface area contributed by atoms with Gasteiger partial charge in [0.25, 0.3) is 0 Å². The average Bonchev–Trinajstić information content (AvgIpc) is 2.01. The lowest BCUT2D eigenvalue weighted by molar-refractivity contribution is 1.32. The van der Waals surface area contributed by atoms with Crippen molar-refractivity contribution in [2.24, 2.45) is 0 Å². The maximum Gasteiger partial charge on any atom is -0.0247 e. The molecule has 0 spiro atoms. The second-order valence-corrected chi connectivity index (χ2v) is 2.86. The lowest BCUT2D eigenvalue weighted by atomic mass is 10.0. The molecule has 0 aromatic heterocycles. The summed E-state index contributed by atoms with van der Waals surface area (Å²) < 4.78 is 0. The molecule has 0 nitrogen and oxygen atoms in total. The summed E-state index contributed by atoms with van der Waals surface area (Å²) in [6, 6.07) is 0. The van der Waals surface area contributed by atoms with Crippen LogP contribution in [0, 0.1) is 0 Å². The number of hydrogen-bond donors (Lipinski definition) is 0. The molecule has 0 radical (unpaired) electrons. The molecule has 0 atom stereocenters. The number of allylic oxidation sites excluding steroid dienone is 7. The van der Waals surface area contributed by atoms with Crippen molar-refractivity contribution in [2.75, 3.05) is 0 Å². The predicted octanol–water partition coefficient (Wildman–Crippen LogP) is 4.03. The van der Waals surface area contributed by atoms with Crippen LogP contribution in [-0.2, 0) is 0 Å². The van der Waals surface area contributed by atoms with Gasteiger partial charge in [-0.2, -0.15) is 0 Å². The van der Waals surface area contributed by atoms with E-state index in [0.29, 0.717) is 0 Å². The molecule has 0 amide bonds. The summed E-state index contributed by atoms with van der Waals surface area (Å²) in [6.07, 6.45) is 8.26. The van der Waals surface area contributed by atoms with Crippen LogP contribution in [0.25, 0.3) is 0 Å². The highest BCUT2D eigenvalue weighted by atomic mass is 14.0. The molecule has 0 saturated carbocycles. The zero-order valence-corrected chi connectivity index (χ0v) is 8.52. The molecular weight excluding hydrogens is 144 g/mol. The SMILES string of the molecule is C=C(C)C(=C/C)/C(C)=C\C=C/C. The summed E-state index contributed by atoms with van der Waals surface area (Å²) in [4.78, 5) is 0. The third kappa shape index (κ3) is 3.38. The lowest BCUT2D eigenvalue weighted by Crippen LogP contribution is -1.85. The summed E-state index contributed by atoms with van der Waals surface area (Å²) in [6.45, 7) is 12.1. The van der Waals surface area contributed by atoms with Gasteiger partial charge in [0.15, 0.2) is 0 Å². The first-order chi connectivity index (χ1) is 5.63. The molecule has 0 saturated heterocycles. The minimum atomic E-state index is 1.12. The molecule has 0 unspecified atom stereocenters. The molecule has 0 aliphatic carbocycles. The van der Waals surface area contributed by atoms with Crippen LogP contribution >= 0.6 is 0 Å². The van der Waals surface area contributed by atoms with E-state index >= 15 is 0 Å². The van der Waals surface area contributed by atoms with Crippen molar-refractivity contribution in [1.82, 2.24) is 0 Å². The number of hydrogen-bond acceptors (Lipinski definition) is 0. The van der Waals surface area contributed by atoms with Crippen molar-refractivity contribution in [1.29, 1.82) is 0 Å². The Morgan fingerprint density at radius 1 is 1.17 bits per heavy atom. The molecule has 0 fully saturated rings. The van der Waals surface area contributed by atoms with Gasteiger partial charge in [0, 0.05) is 0 Å². The first-order valence-corrected chi connectivity index (χ1v) is 4.25. The Balaban J connectivity index is 4.66. The van der Waals surface area contributed by atoms with Crippen LogP contribution in [0.4, 0.5) is 0 Å². The van der Waals surface area contributed by atoms with E-state index in [9.17, 15) is 0 Å². The van der Waals surface area contributed by atoms with Gasteiger partial charge in [-0.3, -0.25) is 0 Å². The van der Waals surface area contributed by atoms with Crippen molar-refractivity contribution in [3.8, 4) is 0 Å². The lowest BCUT2D eigenvalue weighted by Gasteiger charge is -2.05. The second-order valence-electron chi connectivity index (χ2n) is 2.86. The van der Waals surface area contributed by atoms with E-state index in [1.807, 2.05) is 32.9 Å². The smallest absolute Gasteiger partial charge is 0.0247 e. The number of rotatable bonds is 3. The van der Waals surface area contributed by atoms with Gasteiger partial charge >= 0.3 is 0 Å². The largest absolute Gasteiger partial charge is 0.0955 e. The fourth-order valence-corrected chi connectivity index (χ4v) is 1.14. The minimum absolute atomic E-state index is 1.12. The molecular formula is C12H18. The second kappa shape index (κ2) is 5.59. The standard InChI is InChI=1S/C12H18/c1-6-8-9-11(5)12(7-2)10(3)4/h6-9H,3H2,1-2,4-5H3/b8-6-,11-9-,12-7-. The van der Waals surface area contributed by atoms with Crippen LogP contribution in [0.1, 0.15) is 27.7 Å². The van der Waals surface area contributed by atoms with Gasteiger partial charge < -0.3 is 0 Å². The van der Waals surface area contributed by atoms with E-state index in [0.717, 1.165) is 5.57 Å². The van der Waals surface area contributed by atoms with Crippen LogP contribution < -0.4 is 0 Å². The molecule has 0 bridgehead atoms. The van der Waals surface area contributed by atoms with Crippen molar-refractivity contribution < 1.29 is 0 Å².